The van der Waals surface area contributed by atoms with E-state index in [4.69, 9.17) is 11.6 Å². The molecule has 1 aliphatic rings. The number of hydrogen-bond acceptors (Lipinski definition) is 5. The third-order valence-corrected chi connectivity index (χ3v) is 5.38. The summed E-state index contributed by atoms with van der Waals surface area (Å²) in [7, 11) is 0. The largest absolute Gasteiger partial charge is 0.368 e. The van der Waals surface area contributed by atoms with E-state index >= 15 is 0 Å². The first-order valence-electron chi connectivity index (χ1n) is 8.44. The Kier molecular flexibility index (Phi) is 6.49. The van der Waals surface area contributed by atoms with Crippen molar-refractivity contribution < 1.29 is 9.59 Å². The highest BCUT2D eigenvalue weighted by Crippen LogP contribution is 2.25. The van der Waals surface area contributed by atoms with Crippen LogP contribution >= 0.6 is 22.9 Å². The number of rotatable bonds is 5. The second kappa shape index (κ2) is 9.02. The first-order chi connectivity index (χ1) is 12.6. The van der Waals surface area contributed by atoms with Crippen LogP contribution in [0.5, 0.6) is 0 Å². The molecule has 26 heavy (non-hydrogen) atoms. The fraction of sp³-hybridized carbons (Fsp3) is 0.333. The van der Waals surface area contributed by atoms with Gasteiger partial charge in [-0.1, -0.05) is 29.8 Å². The average Bonchev–Trinajstić information content (AvgIpc) is 3.15. The number of benzene rings is 1. The van der Waals surface area contributed by atoms with Gasteiger partial charge >= 0.3 is 6.03 Å². The number of thiophene rings is 1. The van der Waals surface area contributed by atoms with E-state index in [1.165, 1.54) is 0 Å². The lowest BCUT2D eigenvalue weighted by atomic mass is 10.2. The second-order valence-corrected chi connectivity index (χ2v) is 7.46. The van der Waals surface area contributed by atoms with Crippen molar-refractivity contribution in [1.82, 2.24) is 15.5 Å². The predicted molar refractivity (Wildman–Crippen MR) is 105 cm³/mol. The van der Waals surface area contributed by atoms with Gasteiger partial charge in [0.25, 0.3) is 0 Å². The van der Waals surface area contributed by atoms with Gasteiger partial charge in [-0.3, -0.25) is 15.0 Å². The first-order valence-corrected chi connectivity index (χ1v) is 9.69. The molecule has 3 amide bonds. The van der Waals surface area contributed by atoms with Gasteiger partial charge in [0.1, 0.15) is 0 Å². The van der Waals surface area contributed by atoms with Crippen molar-refractivity contribution in [2.24, 2.45) is 0 Å². The Hall–Kier alpha value is -2.09. The molecule has 0 atom stereocenters. The molecular weight excluding hydrogens is 372 g/mol. The van der Waals surface area contributed by atoms with Crippen LogP contribution in [0.2, 0.25) is 5.02 Å². The maximum absolute atomic E-state index is 12.0. The second-order valence-electron chi connectivity index (χ2n) is 6.02. The number of urea groups is 1. The minimum atomic E-state index is -0.460. The van der Waals surface area contributed by atoms with Crippen molar-refractivity contribution in [1.29, 1.82) is 0 Å². The molecule has 2 aromatic rings. The monoisotopic (exact) mass is 392 g/mol. The Morgan fingerprint density at radius 2 is 1.85 bits per heavy atom. The highest BCUT2D eigenvalue weighted by molar-refractivity contribution is 7.09. The van der Waals surface area contributed by atoms with Crippen LogP contribution in [0.3, 0.4) is 0 Å². The van der Waals surface area contributed by atoms with Crippen LogP contribution in [-0.4, -0.2) is 49.6 Å². The third-order valence-electron chi connectivity index (χ3n) is 4.19. The van der Waals surface area contributed by atoms with E-state index in [9.17, 15) is 9.59 Å². The first kappa shape index (κ1) is 18.7. The van der Waals surface area contributed by atoms with E-state index in [1.54, 1.807) is 11.3 Å². The van der Waals surface area contributed by atoms with Crippen LogP contribution in [-0.2, 0) is 11.3 Å². The van der Waals surface area contributed by atoms with Gasteiger partial charge in [0.05, 0.1) is 23.8 Å². The summed E-state index contributed by atoms with van der Waals surface area (Å²) in [5, 5.41) is 7.75. The number of hydrogen-bond donors (Lipinski definition) is 2. The molecule has 1 saturated heterocycles. The molecule has 1 aliphatic heterocycles. The van der Waals surface area contributed by atoms with E-state index in [-0.39, 0.29) is 12.5 Å². The van der Waals surface area contributed by atoms with Crippen molar-refractivity contribution >= 4 is 40.6 Å². The molecule has 0 saturated carbocycles. The molecule has 0 unspecified atom stereocenters. The SMILES string of the molecule is O=C(CN1CCN(c2ccccc2Cl)CC1)NC(=O)NCc1cccs1. The molecule has 2 heterocycles. The van der Waals surface area contributed by atoms with Crippen molar-refractivity contribution in [3.05, 3.63) is 51.7 Å². The molecule has 2 N–H and O–H groups in total. The smallest absolute Gasteiger partial charge is 0.321 e. The van der Waals surface area contributed by atoms with Gasteiger partial charge in [-0.2, -0.15) is 0 Å². The van der Waals surface area contributed by atoms with E-state index in [0.29, 0.717) is 6.54 Å². The summed E-state index contributed by atoms with van der Waals surface area (Å²) in [6.45, 7) is 3.71. The quantitative estimate of drug-likeness (QED) is 0.820. The zero-order chi connectivity index (χ0) is 18.4. The molecule has 0 spiro atoms. The van der Waals surface area contributed by atoms with Gasteiger partial charge in [-0.05, 0) is 23.6 Å². The topological polar surface area (TPSA) is 64.7 Å². The number of piperazine rings is 1. The lowest BCUT2D eigenvalue weighted by Gasteiger charge is -2.36. The van der Waals surface area contributed by atoms with Gasteiger partial charge in [-0.15, -0.1) is 11.3 Å². The summed E-state index contributed by atoms with van der Waals surface area (Å²) in [5.41, 5.74) is 1.02. The maximum atomic E-state index is 12.0. The molecule has 138 valence electrons. The number of nitrogens with one attached hydrogen (secondary N) is 2. The molecule has 0 radical (unpaired) electrons. The van der Waals surface area contributed by atoms with Crippen molar-refractivity contribution in [2.75, 3.05) is 37.6 Å². The lowest BCUT2D eigenvalue weighted by molar-refractivity contribution is -0.121. The van der Waals surface area contributed by atoms with Crippen molar-refractivity contribution in [3.8, 4) is 0 Å². The molecule has 1 fully saturated rings. The average molecular weight is 393 g/mol. The Balaban J connectivity index is 1.39. The highest BCUT2D eigenvalue weighted by Gasteiger charge is 2.21. The number of amides is 3. The Bertz CT molecular complexity index is 745. The number of nitrogens with zero attached hydrogens (tertiary/aromatic N) is 2. The van der Waals surface area contributed by atoms with Crippen LogP contribution in [0, 0.1) is 0 Å². The predicted octanol–water partition coefficient (Wildman–Crippen LogP) is 2.55. The number of anilines is 1. The lowest BCUT2D eigenvalue weighted by Crippen LogP contribution is -2.51. The molecule has 0 bridgehead atoms. The fourth-order valence-corrected chi connectivity index (χ4v) is 3.75. The van der Waals surface area contributed by atoms with Crippen LogP contribution in [0.15, 0.2) is 41.8 Å². The van der Waals surface area contributed by atoms with Gasteiger partial charge < -0.3 is 10.2 Å². The van der Waals surface area contributed by atoms with E-state index in [1.807, 2.05) is 46.7 Å². The number of imide groups is 1. The van der Waals surface area contributed by atoms with Gasteiger partial charge in [0, 0.05) is 31.1 Å². The molecule has 3 rings (SSSR count). The van der Waals surface area contributed by atoms with Crippen LogP contribution in [0.25, 0.3) is 0 Å². The van der Waals surface area contributed by atoms with E-state index in [0.717, 1.165) is 41.8 Å². The summed E-state index contributed by atoms with van der Waals surface area (Å²) in [5.74, 6) is -0.292. The minimum absolute atomic E-state index is 0.211. The molecule has 0 aliphatic carbocycles. The van der Waals surface area contributed by atoms with Crippen molar-refractivity contribution in [3.63, 3.8) is 0 Å². The van der Waals surface area contributed by atoms with Crippen LogP contribution in [0.1, 0.15) is 4.88 Å². The number of halogens is 1. The summed E-state index contributed by atoms with van der Waals surface area (Å²) in [6, 6.07) is 11.2. The highest BCUT2D eigenvalue weighted by atomic mass is 35.5. The Morgan fingerprint density at radius 1 is 1.08 bits per heavy atom. The summed E-state index contributed by atoms with van der Waals surface area (Å²) in [4.78, 5) is 29.1. The number of carbonyl (C=O) groups is 2. The fourth-order valence-electron chi connectivity index (χ4n) is 2.85. The normalized spacial score (nSPS) is 14.9. The zero-order valence-corrected chi connectivity index (χ0v) is 15.9. The zero-order valence-electron chi connectivity index (χ0n) is 14.3. The molecule has 1 aromatic heterocycles. The summed E-state index contributed by atoms with van der Waals surface area (Å²) < 4.78 is 0. The third kappa shape index (κ3) is 5.20. The van der Waals surface area contributed by atoms with E-state index < -0.39 is 6.03 Å². The Labute approximate surface area is 161 Å². The molecular formula is C18H21ClN4O2S. The summed E-state index contributed by atoms with van der Waals surface area (Å²) >= 11 is 7.80. The summed E-state index contributed by atoms with van der Waals surface area (Å²) in [6.07, 6.45) is 0. The Morgan fingerprint density at radius 3 is 2.54 bits per heavy atom. The minimum Gasteiger partial charge on any atom is -0.368 e. The van der Waals surface area contributed by atoms with Gasteiger partial charge in [0.15, 0.2) is 0 Å². The molecule has 1 aromatic carbocycles. The number of carbonyl (C=O) groups excluding carboxylic acids is 2. The maximum Gasteiger partial charge on any atom is 0.321 e. The number of para-hydroxylation sites is 1. The van der Waals surface area contributed by atoms with Crippen LogP contribution in [0.4, 0.5) is 10.5 Å². The van der Waals surface area contributed by atoms with Gasteiger partial charge in [-0.25, -0.2) is 4.79 Å². The standard InChI is InChI=1S/C18H21ClN4O2S/c19-15-5-1-2-6-16(15)23-9-7-22(8-10-23)13-17(24)21-18(25)20-12-14-4-3-11-26-14/h1-6,11H,7-10,12-13H2,(H2,20,21,24,25). The molecule has 8 heteroatoms. The van der Waals surface area contributed by atoms with Gasteiger partial charge in [0.2, 0.25) is 5.91 Å². The van der Waals surface area contributed by atoms with E-state index in [2.05, 4.69) is 15.5 Å². The van der Waals surface area contributed by atoms with Crippen LogP contribution < -0.4 is 15.5 Å². The van der Waals surface area contributed by atoms with Crippen molar-refractivity contribution in [2.45, 2.75) is 6.54 Å². The molecule has 6 nitrogen and oxygen atoms in total.